The minimum Gasteiger partial charge on any atom is -0.354 e. The second-order valence-corrected chi connectivity index (χ2v) is 5.64. The number of nitrogens with zero attached hydrogens (tertiary/aromatic N) is 6. The molecule has 0 aliphatic heterocycles. The van der Waals surface area contributed by atoms with Gasteiger partial charge in [0.05, 0.1) is 0 Å². The van der Waals surface area contributed by atoms with Crippen LogP contribution in [-0.4, -0.2) is 36.3 Å². The molecule has 0 unspecified atom stereocenters. The Morgan fingerprint density at radius 2 is 2.05 bits per heavy atom. The number of hydrogen-bond acceptors (Lipinski definition) is 6. The van der Waals surface area contributed by atoms with Gasteiger partial charge in [0.2, 0.25) is 11.2 Å². The molecule has 0 atom stereocenters. The molecule has 0 aliphatic rings. The first-order valence-corrected chi connectivity index (χ1v) is 6.32. The van der Waals surface area contributed by atoms with Crippen molar-refractivity contribution in [3.8, 4) is 5.95 Å². The van der Waals surface area contributed by atoms with E-state index in [0.717, 1.165) is 13.0 Å². The summed E-state index contributed by atoms with van der Waals surface area (Å²) in [6, 6.07) is 0. The van der Waals surface area contributed by atoms with Crippen molar-refractivity contribution >= 4 is 17.5 Å². The summed E-state index contributed by atoms with van der Waals surface area (Å²) in [6.07, 6.45) is 3.91. The molecule has 0 amide bonds. The lowest BCUT2D eigenvalue weighted by Gasteiger charge is -2.17. The summed E-state index contributed by atoms with van der Waals surface area (Å²) in [5.41, 5.74) is 0.249. The van der Waals surface area contributed by atoms with Crippen LogP contribution in [0.2, 0.25) is 5.28 Å². The Bertz CT molecular complexity index is 532. The predicted octanol–water partition coefficient (Wildman–Crippen LogP) is 1.95. The lowest BCUT2D eigenvalue weighted by atomic mass is 9.92. The fourth-order valence-electron chi connectivity index (χ4n) is 1.38. The van der Waals surface area contributed by atoms with Crippen molar-refractivity contribution in [2.75, 3.05) is 11.9 Å². The summed E-state index contributed by atoms with van der Waals surface area (Å²) in [7, 11) is 0. The Morgan fingerprint density at radius 3 is 2.68 bits per heavy atom. The smallest absolute Gasteiger partial charge is 0.258 e. The quantitative estimate of drug-likeness (QED) is 0.922. The average Bonchev–Trinajstić information content (AvgIpc) is 2.79. The zero-order valence-corrected chi connectivity index (χ0v) is 11.9. The van der Waals surface area contributed by atoms with E-state index in [9.17, 15) is 0 Å². The Labute approximate surface area is 116 Å². The number of anilines is 1. The van der Waals surface area contributed by atoms with Crippen LogP contribution in [0.5, 0.6) is 0 Å². The van der Waals surface area contributed by atoms with E-state index in [-0.39, 0.29) is 10.7 Å². The second kappa shape index (κ2) is 5.48. The summed E-state index contributed by atoms with van der Waals surface area (Å²) in [4.78, 5) is 16.1. The van der Waals surface area contributed by atoms with Crippen LogP contribution >= 0.6 is 11.6 Å². The standard InChI is InChI=1S/C11H16ClN7/c1-11(2,3)4-5-14-9-16-8(12)17-10(18-9)19-7-13-6-15-19/h6-7H,4-5H2,1-3H3,(H,14,16,17,18). The zero-order chi connectivity index (χ0) is 13.9. The van der Waals surface area contributed by atoms with Crippen molar-refractivity contribution in [3.63, 3.8) is 0 Å². The van der Waals surface area contributed by atoms with Gasteiger partial charge >= 0.3 is 0 Å². The summed E-state index contributed by atoms with van der Waals surface area (Å²) in [5.74, 6) is 0.783. The molecule has 8 heteroatoms. The van der Waals surface area contributed by atoms with Gasteiger partial charge in [0, 0.05) is 6.54 Å². The summed E-state index contributed by atoms with van der Waals surface area (Å²) < 4.78 is 1.43. The van der Waals surface area contributed by atoms with Gasteiger partial charge < -0.3 is 5.32 Å². The molecule has 0 saturated heterocycles. The maximum atomic E-state index is 5.87. The molecule has 2 heterocycles. The first kappa shape index (κ1) is 13.7. The monoisotopic (exact) mass is 281 g/mol. The highest BCUT2D eigenvalue weighted by atomic mass is 35.5. The van der Waals surface area contributed by atoms with Gasteiger partial charge in [-0.2, -0.15) is 24.7 Å². The molecule has 1 N–H and O–H groups in total. The third-order valence-electron chi connectivity index (χ3n) is 2.38. The molecular formula is C11H16ClN7. The predicted molar refractivity (Wildman–Crippen MR) is 72.3 cm³/mol. The lowest BCUT2D eigenvalue weighted by Crippen LogP contribution is -2.15. The molecular weight excluding hydrogens is 266 g/mol. The molecule has 7 nitrogen and oxygen atoms in total. The number of nitrogens with one attached hydrogen (secondary N) is 1. The average molecular weight is 282 g/mol. The Hall–Kier alpha value is -1.76. The molecule has 102 valence electrons. The molecule has 2 aromatic heterocycles. The van der Waals surface area contributed by atoms with Crippen LogP contribution in [-0.2, 0) is 0 Å². The maximum Gasteiger partial charge on any atom is 0.258 e. The van der Waals surface area contributed by atoms with E-state index < -0.39 is 0 Å². The molecule has 0 bridgehead atoms. The van der Waals surface area contributed by atoms with E-state index in [1.807, 2.05) is 0 Å². The fraction of sp³-hybridized carbons (Fsp3) is 0.545. The van der Waals surface area contributed by atoms with E-state index in [1.54, 1.807) is 0 Å². The highest BCUT2D eigenvalue weighted by molar-refractivity contribution is 6.28. The molecule has 0 saturated carbocycles. The van der Waals surface area contributed by atoms with E-state index in [2.05, 4.69) is 51.1 Å². The first-order valence-electron chi connectivity index (χ1n) is 5.94. The Morgan fingerprint density at radius 1 is 1.26 bits per heavy atom. The van der Waals surface area contributed by atoms with Crippen molar-refractivity contribution in [3.05, 3.63) is 17.9 Å². The van der Waals surface area contributed by atoms with Gasteiger partial charge in [-0.15, -0.1) is 0 Å². The van der Waals surface area contributed by atoms with E-state index in [0.29, 0.717) is 11.9 Å². The Kier molecular flexibility index (Phi) is 3.94. The van der Waals surface area contributed by atoms with Crippen LogP contribution < -0.4 is 5.32 Å². The van der Waals surface area contributed by atoms with Crippen LogP contribution in [0.25, 0.3) is 5.95 Å². The minimum atomic E-state index is 0.124. The highest BCUT2D eigenvalue weighted by Crippen LogP contribution is 2.18. The molecule has 19 heavy (non-hydrogen) atoms. The first-order chi connectivity index (χ1) is 8.94. The van der Waals surface area contributed by atoms with Crippen molar-refractivity contribution in [1.82, 2.24) is 29.7 Å². The van der Waals surface area contributed by atoms with Gasteiger partial charge in [0.15, 0.2) is 0 Å². The molecule has 2 rings (SSSR count). The highest BCUT2D eigenvalue weighted by Gasteiger charge is 2.11. The van der Waals surface area contributed by atoms with Crippen molar-refractivity contribution in [1.29, 1.82) is 0 Å². The normalized spacial score (nSPS) is 11.6. The van der Waals surface area contributed by atoms with Crippen molar-refractivity contribution in [2.24, 2.45) is 5.41 Å². The van der Waals surface area contributed by atoms with E-state index in [1.165, 1.54) is 17.3 Å². The third kappa shape index (κ3) is 4.13. The molecule has 0 radical (unpaired) electrons. The maximum absolute atomic E-state index is 5.87. The number of aromatic nitrogens is 6. The number of hydrogen-bond donors (Lipinski definition) is 1. The van der Waals surface area contributed by atoms with Crippen molar-refractivity contribution in [2.45, 2.75) is 27.2 Å². The third-order valence-corrected chi connectivity index (χ3v) is 2.55. The second-order valence-electron chi connectivity index (χ2n) is 5.31. The van der Waals surface area contributed by atoms with Crippen LogP contribution in [0.1, 0.15) is 27.2 Å². The summed E-state index contributed by atoms with van der Waals surface area (Å²) in [5, 5.41) is 7.21. The Balaban J connectivity index is 2.09. The van der Waals surface area contributed by atoms with Crippen LogP contribution in [0.3, 0.4) is 0 Å². The van der Waals surface area contributed by atoms with Gasteiger partial charge in [-0.1, -0.05) is 20.8 Å². The summed E-state index contributed by atoms with van der Waals surface area (Å²) in [6.45, 7) is 7.29. The molecule has 0 aliphatic carbocycles. The molecule has 0 aromatic carbocycles. The zero-order valence-electron chi connectivity index (χ0n) is 11.1. The minimum absolute atomic E-state index is 0.124. The fourth-order valence-corrected chi connectivity index (χ4v) is 1.54. The van der Waals surface area contributed by atoms with Crippen molar-refractivity contribution < 1.29 is 0 Å². The van der Waals surface area contributed by atoms with E-state index in [4.69, 9.17) is 11.6 Å². The number of rotatable bonds is 4. The SMILES string of the molecule is CC(C)(C)CCNc1nc(Cl)nc(-n2cncn2)n1. The van der Waals surface area contributed by atoms with Gasteiger partial charge in [-0.05, 0) is 23.4 Å². The van der Waals surface area contributed by atoms with Crippen LogP contribution in [0, 0.1) is 5.41 Å². The van der Waals surface area contributed by atoms with Gasteiger partial charge in [-0.3, -0.25) is 0 Å². The molecule has 2 aromatic rings. The molecule has 0 fully saturated rings. The van der Waals surface area contributed by atoms with Crippen LogP contribution in [0.15, 0.2) is 12.7 Å². The summed E-state index contributed by atoms with van der Waals surface area (Å²) >= 11 is 5.87. The number of halogens is 1. The van der Waals surface area contributed by atoms with E-state index >= 15 is 0 Å². The topological polar surface area (TPSA) is 81.4 Å². The lowest BCUT2D eigenvalue weighted by molar-refractivity contribution is 0.389. The largest absolute Gasteiger partial charge is 0.354 e. The molecule has 0 spiro atoms. The van der Waals surface area contributed by atoms with Gasteiger partial charge in [-0.25, -0.2) is 4.98 Å². The van der Waals surface area contributed by atoms with Gasteiger partial charge in [0.1, 0.15) is 12.7 Å². The van der Waals surface area contributed by atoms with Crippen LogP contribution in [0.4, 0.5) is 5.95 Å². The van der Waals surface area contributed by atoms with Gasteiger partial charge in [0.25, 0.3) is 5.95 Å².